The van der Waals surface area contributed by atoms with Crippen molar-refractivity contribution in [1.29, 1.82) is 0 Å². The van der Waals surface area contributed by atoms with Gasteiger partial charge in [-0.1, -0.05) is 76.8 Å². The summed E-state index contributed by atoms with van der Waals surface area (Å²) in [5.74, 6) is -2.94. The van der Waals surface area contributed by atoms with Crippen molar-refractivity contribution in [3.8, 4) is 0 Å². The van der Waals surface area contributed by atoms with Gasteiger partial charge >= 0.3 is 11.9 Å². The fourth-order valence-electron chi connectivity index (χ4n) is 3.77. The molecule has 0 radical (unpaired) electrons. The number of amides is 2. The number of hydrogen-bond acceptors (Lipinski definition) is 6. The molecule has 0 aliphatic carbocycles. The van der Waals surface area contributed by atoms with Crippen molar-refractivity contribution in [2.45, 2.75) is 104 Å². The molecule has 1 aromatic carbocycles. The maximum Gasteiger partial charge on any atom is 0.325 e. The first-order valence-electron chi connectivity index (χ1n) is 13.2. The smallest absolute Gasteiger partial charge is 0.325 e. The van der Waals surface area contributed by atoms with Gasteiger partial charge in [0.1, 0.15) is 24.2 Å². The van der Waals surface area contributed by atoms with E-state index in [-0.39, 0.29) is 24.7 Å². The number of carbonyl (C=O) groups excluding carboxylic acids is 3. The maximum atomic E-state index is 13.1. The zero-order valence-electron chi connectivity index (χ0n) is 23.1. The Morgan fingerprint density at radius 1 is 1.00 bits per heavy atom. The Bertz CT molecular complexity index is 888. The second kappa shape index (κ2) is 16.0. The molecule has 2 amide bonds. The zero-order chi connectivity index (χ0) is 28.1. The Balaban J connectivity index is 3.05. The molecule has 208 valence electrons. The van der Waals surface area contributed by atoms with E-state index >= 15 is 0 Å². The molecule has 0 bridgehead atoms. The lowest BCUT2D eigenvalue weighted by Crippen LogP contribution is -2.52. The van der Waals surface area contributed by atoms with Crippen molar-refractivity contribution in [2.24, 2.45) is 17.6 Å². The summed E-state index contributed by atoms with van der Waals surface area (Å²) in [7, 11) is 0. The van der Waals surface area contributed by atoms with E-state index in [1.807, 2.05) is 52.0 Å². The number of ether oxygens (including phenoxy) is 1. The van der Waals surface area contributed by atoms with Crippen LogP contribution in [0.2, 0.25) is 0 Å². The van der Waals surface area contributed by atoms with Crippen molar-refractivity contribution in [1.82, 2.24) is 10.6 Å². The van der Waals surface area contributed by atoms with E-state index in [4.69, 9.17) is 10.5 Å². The van der Waals surface area contributed by atoms with Crippen LogP contribution in [0, 0.1) is 18.8 Å². The lowest BCUT2D eigenvalue weighted by molar-refractivity contribution is -0.156. The molecule has 0 aliphatic heterocycles. The van der Waals surface area contributed by atoms with Gasteiger partial charge in [-0.2, -0.15) is 0 Å². The molecule has 1 rings (SSSR count). The van der Waals surface area contributed by atoms with E-state index in [0.717, 1.165) is 36.8 Å². The van der Waals surface area contributed by atoms with Crippen molar-refractivity contribution in [3.05, 3.63) is 35.4 Å². The van der Waals surface area contributed by atoms with Crippen LogP contribution in [-0.2, 0) is 30.3 Å². The van der Waals surface area contributed by atoms with Crippen molar-refractivity contribution in [2.75, 3.05) is 0 Å². The first-order chi connectivity index (χ1) is 17.4. The van der Waals surface area contributed by atoms with Gasteiger partial charge in [0.15, 0.2) is 0 Å². The summed E-state index contributed by atoms with van der Waals surface area (Å²) < 4.78 is 5.73. The third kappa shape index (κ3) is 11.3. The highest BCUT2D eigenvalue weighted by molar-refractivity contribution is 5.90. The van der Waals surface area contributed by atoms with Gasteiger partial charge in [-0.3, -0.25) is 19.2 Å². The van der Waals surface area contributed by atoms with Gasteiger partial charge in [-0.25, -0.2) is 0 Å². The van der Waals surface area contributed by atoms with E-state index in [1.54, 1.807) is 0 Å². The molecule has 0 saturated carbocycles. The largest absolute Gasteiger partial charge is 0.480 e. The zero-order valence-corrected chi connectivity index (χ0v) is 23.1. The van der Waals surface area contributed by atoms with Crippen LogP contribution < -0.4 is 16.4 Å². The van der Waals surface area contributed by atoms with E-state index in [9.17, 15) is 24.3 Å². The molecule has 37 heavy (non-hydrogen) atoms. The quantitative estimate of drug-likeness (QED) is 0.245. The number of nitrogens with two attached hydrogens (primary N) is 1. The van der Waals surface area contributed by atoms with Crippen LogP contribution in [0.4, 0.5) is 0 Å². The minimum atomic E-state index is -1.18. The fourth-order valence-corrected chi connectivity index (χ4v) is 3.77. The van der Waals surface area contributed by atoms with Crippen molar-refractivity contribution < 1.29 is 29.0 Å². The summed E-state index contributed by atoms with van der Waals surface area (Å²) in [6.45, 7) is 11.1. The van der Waals surface area contributed by atoms with Crippen LogP contribution in [-0.4, -0.2) is 53.1 Å². The summed E-state index contributed by atoms with van der Waals surface area (Å²) >= 11 is 0. The number of benzene rings is 1. The Morgan fingerprint density at radius 3 is 2.16 bits per heavy atom. The monoisotopic (exact) mass is 519 g/mol. The Morgan fingerprint density at radius 2 is 1.62 bits per heavy atom. The van der Waals surface area contributed by atoms with Crippen LogP contribution in [0.25, 0.3) is 0 Å². The van der Waals surface area contributed by atoms with E-state index < -0.39 is 48.0 Å². The molecule has 9 heteroatoms. The second-order valence-electron chi connectivity index (χ2n) is 10.1. The minimum absolute atomic E-state index is 0.0632. The number of aliphatic carboxylic acids is 1. The lowest BCUT2D eigenvalue weighted by Gasteiger charge is -2.27. The molecule has 0 spiro atoms. The van der Waals surface area contributed by atoms with Gasteiger partial charge in [0.25, 0.3) is 0 Å². The number of esters is 1. The number of carboxylic acids is 1. The maximum absolute atomic E-state index is 13.1. The normalized spacial score (nSPS) is 16.0. The summed E-state index contributed by atoms with van der Waals surface area (Å²) in [4.78, 5) is 50.0. The van der Waals surface area contributed by atoms with Gasteiger partial charge in [-0.05, 0) is 37.7 Å². The minimum Gasteiger partial charge on any atom is -0.480 e. The highest BCUT2D eigenvalue weighted by Crippen LogP contribution is 2.20. The highest BCUT2D eigenvalue weighted by atomic mass is 16.5. The average Bonchev–Trinajstić information content (AvgIpc) is 2.86. The van der Waals surface area contributed by atoms with Crippen molar-refractivity contribution >= 4 is 23.8 Å². The molecule has 0 fully saturated rings. The molecule has 9 nitrogen and oxygen atoms in total. The van der Waals surface area contributed by atoms with Gasteiger partial charge in [0, 0.05) is 6.42 Å². The molecule has 6 atom stereocenters. The van der Waals surface area contributed by atoms with Gasteiger partial charge in [0.2, 0.25) is 11.8 Å². The van der Waals surface area contributed by atoms with Crippen LogP contribution in [0.15, 0.2) is 24.3 Å². The third-order valence-corrected chi connectivity index (χ3v) is 6.77. The van der Waals surface area contributed by atoms with Gasteiger partial charge in [0.05, 0.1) is 6.42 Å². The Labute approximate surface area is 220 Å². The van der Waals surface area contributed by atoms with Crippen molar-refractivity contribution in [3.63, 3.8) is 0 Å². The van der Waals surface area contributed by atoms with Crippen LogP contribution >= 0.6 is 0 Å². The molecule has 0 unspecified atom stereocenters. The van der Waals surface area contributed by atoms with Crippen LogP contribution in [0.3, 0.4) is 0 Å². The molecule has 0 aromatic heterocycles. The highest BCUT2D eigenvalue weighted by Gasteiger charge is 2.31. The number of nitrogens with one attached hydrogen (secondary N) is 2. The molecule has 1 aromatic rings. The molecule has 0 heterocycles. The second-order valence-corrected chi connectivity index (χ2v) is 10.1. The summed E-state index contributed by atoms with van der Waals surface area (Å²) in [6.07, 6.45) is 2.72. The molecular weight excluding hydrogens is 474 g/mol. The van der Waals surface area contributed by atoms with E-state index in [1.165, 1.54) is 6.92 Å². The van der Waals surface area contributed by atoms with Gasteiger partial charge < -0.3 is 26.2 Å². The summed E-state index contributed by atoms with van der Waals surface area (Å²) in [5, 5.41) is 14.4. The Hall–Kier alpha value is -2.94. The average molecular weight is 520 g/mol. The van der Waals surface area contributed by atoms with Gasteiger partial charge in [-0.15, -0.1) is 0 Å². The SMILES string of the molecule is CCCC[C@H](C)[C@H](CC(=O)N[C@@H](Cc1ccc(C)cc1)C(=O)N[C@@H](C)C(=O)O)OC(=O)[C@H](N)[C@@H](C)CC. The van der Waals surface area contributed by atoms with E-state index in [0.29, 0.717) is 0 Å². The number of unbranched alkanes of at least 4 members (excludes halogenated alkanes) is 1. The topological polar surface area (TPSA) is 148 Å². The third-order valence-electron chi connectivity index (χ3n) is 6.77. The number of aryl methyl sites for hydroxylation is 1. The molecule has 5 N–H and O–H groups in total. The number of hydrogen-bond donors (Lipinski definition) is 4. The fraction of sp³-hybridized carbons (Fsp3) is 0.643. The predicted molar refractivity (Wildman–Crippen MR) is 143 cm³/mol. The first kappa shape index (κ1) is 32.1. The van der Waals surface area contributed by atoms with Crippen LogP contribution in [0.5, 0.6) is 0 Å². The number of carbonyl (C=O) groups is 4. The number of carboxylic acid groups (broad SMARTS) is 1. The number of rotatable bonds is 16. The Kier molecular flexibility index (Phi) is 13.9. The molecular formula is C28H45N3O6. The predicted octanol–water partition coefficient (Wildman–Crippen LogP) is 3.11. The molecule has 0 aliphatic rings. The lowest BCUT2D eigenvalue weighted by atomic mass is 9.94. The van der Waals surface area contributed by atoms with Crippen LogP contribution in [0.1, 0.15) is 77.8 Å². The summed E-state index contributed by atoms with van der Waals surface area (Å²) in [6, 6.07) is 4.61. The summed E-state index contributed by atoms with van der Waals surface area (Å²) in [5.41, 5.74) is 7.93. The van der Waals surface area contributed by atoms with E-state index in [2.05, 4.69) is 17.6 Å². The standard InChI is InChI=1S/C28H45N3O6/c1-7-9-10-19(5)23(37-28(36)25(29)18(4)8-2)16-24(32)31-22(26(33)30-20(6)27(34)35)15-21-13-11-17(3)12-14-21/h11-14,18-20,22-23,25H,7-10,15-16,29H2,1-6H3,(H,30,33)(H,31,32)(H,34,35)/t18-,19-,20-,22-,23-,25+/m0/s1. The first-order valence-corrected chi connectivity index (χ1v) is 13.2. The molecule has 0 saturated heterocycles.